The van der Waals surface area contributed by atoms with E-state index in [1.165, 1.54) is 6.08 Å². The predicted octanol–water partition coefficient (Wildman–Crippen LogP) is 2.11. The zero-order valence-corrected chi connectivity index (χ0v) is 11.1. The Labute approximate surface area is 117 Å². The quantitative estimate of drug-likeness (QED) is 0.529. The maximum Gasteiger partial charge on any atom is 0.327 e. The molecule has 0 heterocycles. The van der Waals surface area contributed by atoms with Gasteiger partial charge in [-0.05, 0) is 12.0 Å². The molecule has 4 nitrogen and oxygen atoms in total. The summed E-state index contributed by atoms with van der Waals surface area (Å²) in [7, 11) is 0. The van der Waals surface area contributed by atoms with Gasteiger partial charge in [0.25, 0.3) is 0 Å². The van der Waals surface area contributed by atoms with E-state index < -0.39 is 23.6 Å². The number of aliphatic hydroxyl groups excluding tert-OH is 2. The van der Waals surface area contributed by atoms with Crippen LogP contribution in [0.15, 0.2) is 42.5 Å². The van der Waals surface area contributed by atoms with Crippen LogP contribution in [0.5, 0.6) is 0 Å². The van der Waals surface area contributed by atoms with Crippen molar-refractivity contribution in [2.24, 2.45) is 0 Å². The molecule has 1 aromatic rings. The molecule has 0 saturated carbocycles. The fourth-order valence-corrected chi connectivity index (χ4v) is 1.93. The third-order valence-corrected chi connectivity index (χ3v) is 3.18. The van der Waals surface area contributed by atoms with Crippen LogP contribution in [0.1, 0.15) is 23.8 Å². The Balaban J connectivity index is 2.45. The summed E-state index contributed by atoms with van der Waals surface area (Å²) >= 11 is 6.11. The summed E-state index contributed by atoms with van der Waals surface area (Å²) in [5.41, 5.74) is 0.782. The lowest BCUT2D eigenvalue weighted by Gasteiger charge is -2.19. The van der Waals surface area contributed by atoms with Crippen LogP contribution in [0.2, 0.25) is 0 Å². The Hall–Kier alpha value is -1.36. The van der Waals surface area contributed by atoms with Gasteiger partial charge in [0, 0.05) is 12.5 Å². The second-order valence-corrected chi connectivity index (χ2v) is 4.72. The molecule has 0 spiro atoms. The van der Waals surface area contributed by atoms with Crippen molar-refractivity contribution in [3.63, 3.8) is 0 Å². The molecule has 1 rings (SSSR count). The second kappa shape index (κ2) is 7.94. The van der Waals surface area contributed by atoms with E-state index in [-0.39, 0.29) is 12.8 Å². The molecular weight excluding hydrogens is 268 g/mol. The first-order chi connectivity index (χ1) is 9.00. The number of aliphatic hydroxyl groups is 2. The van der Waals surface area contributed by atoms with Gasteiger partial charge in [0.1, 0.15) is 0 Å². The van der Waals surface area contributed by atoms with Crippen LogP contribution < -0.4 is 0 Å². The Morgan fingerprint density at radius 2 is 1.89 bits per heavy atom. The van der Waals surface area contributed by atoms with Gasteiger partial charge >= 0.3 is 5.97 Å². The van der Waals surface area contributed by atoms with Crippen molar-refractivity contribution in [2.75, 3.05) is 0 Å². The van der Waals surface area contributed by atoms with E-state index in [2.05, 4.69) is 0 Å². The molecule has 5 heteroatoms. The zero-order chi connectivity index (χ0) is 14.3. The number of carboxylic acids is 1. The monoisotopic (exact) mass is 284 g/mol. The first-order valence-electron chi connectivity index (χ1n) is 5.95. The Bertz CT molecular complexity index is 419. The number of carboxylic acid groups (broad SMARTS) is 1. The lowest BCUT2D eigenvalue weighted by molar-refractivity contribution is -0.131. The SMILES string of the molecule is O=C(O)C=CCC(O)CC(O)C(Cl)c1ccccc1. The van der Waals surface area contributed by atoms with Crippen molar-refractivity contribution in [3.05, 3.63) is 48.0 Å². The highest BCUT2D eigenvalue weighted by Gasteiger charge is 2.21. The first-order valence-corrected chi connectivity index (χ1v) is 6.39. The Morgan fingerprint density at radius 3 is 2.47 bits per heavy atom. The van der Waals surface area contributed by atoms with Gasteiger partial charge in [-0.2, -0.15) is 0 Å². The van der Waals surface area contributed by atoms with Crippen LogP contribution in [-0.2, 0) is 4.79 Å². The minimum absolute atomic E-state index is 0.0903. The highest BCUT2D eigenvalue weighted by molar-refractivity contribution is 6.21. The summed E-state index contributed by atoms with van der Waals surface area (Å²) in [5, 5.41) is 27.4. The van der Waals surface area contributed by atoms with Gasteiger partial charge in [0.2, 0.25) is 0 Å². The molecule has 0 aromatic heterocycles. The van der Waals surface area contributed by atoms with E-state index >= 15 is 0 Å². The smallest absolute Gasteiger partial charge is 0.327 e. The lowest BCUT2D eigenvalue weighted by atomic mass is 10.0. The molecule has 3 N–H and O–H groups in total. The average Bonchev–Trinajstić information content (AvgIpc) is 2.38. The number of rotatable bonds is 7. The number of benzene rings is 1. The number of alkyl halides is 1. The van der Waals surface area contributed by atoms with Crippen molar-refractivity contribution in [1.82, 2.24) is 0 Å². The van der Waals surface area contributed by atoms with Gasteiger partial charge in [-0.25, -0.2) is 4.79 Å². The van der Waals surface area contributed by atoms with Crippen molar-refractivity contribution in [3.8, 4) is 0 Å². The number of hydrogen-bond donors (Lipinski definition) is 3. The molecule has 3 unspecified atom stereocenters. The molecule has 0 fully saturated rings. The molecule has 104 valence electrons. The molecule has 0 bridgehead atoms. The van der Waals surface area contributed by atoms with Crippen LogP contribution in [0.4, 0.5) is 0 Å². The average molecular weight is 285 g/mol. The molecule has 1 aromatic carbocycles. The van der Waals surface area contributed by atoms with Gasteiger partial charge in [-0.3, -0.25) is 0 Å². The van der Waals surface area contributed by atoms with Gasteiger partial charge in [-0.1, -0.05) is 36.4 Å². The van der Waals surface area contributed by atoms with Gasteiger partial charge < -0.3 is 15.3 Å². The highest BCUT2D eigenvalue weighted by atomic mass is 35.5. The summed E-state index contributed by atoms with van der Waals surface area (Å²) in [6.45, 7) is 0. The highest BCUT2D eigenvalue weighted by Crippen LogP contribution is 2.26. The molecule has 3 atom stereocenters. The lowest BCUT2D eigenvalue weighted by Crippen LogP contribution is -2.21. The van der Waals surface area contributed by atoms with Crippen LogP contribution in [0.3, 0.4) is 0 Å². The normalized spacial score (nSPS) is 16.2. The minimum atomic E-state index is -1.06. The topological polar surface area (TPSA) is 77.8 Å². The van der Waals surface area contributed by atoms with Crippen LogP contribution in [0.25, 0.3) is 0 Å². The predicted molar refractivity (Wildman–Crippen MR) is 73.1 cm³/mol. The number of carbonyl (C=O) groups is 1. The van der Waals surface area contributed by atoms with E-state index in [0.717, 1.165) is 11.6 Å². The van der Waals surface area contributed by atoms with E-state index in [9.17, 15) is 15.0 Å². The van der Waals surface area contributed by atoms with Crippen LogP contribution in [0, 0.1) is 0 Å². The largest absolute Gasteiger partial charge is 0.478 e. The molecule has 0 radical (unpaired) electrons. The minimum Gasteiger partial charge on any atom is -0.478 e. The summed E-state index contributed by atoms with van der Waals surface area (Å²) in [6, 6.07) is 9.10. The van der Waals surface area contributed by atoms with Gasteiger partial charge in [0.05, 0.1) is 17.6 Å². The van der Waals surface area contributed by atoms with Crippen molar-refractivity contribution < 1.29 is 20.1 Å². The summed E-state index contributed by atoms with van der Waals surface area (Å²) in [4.78, 5) is 10.3. The van der Waals surface area contributed by atoms with E-state index in [4.69, 9.17) is 16.7 Å². The van der Waals surface area contributed by atoms with Gasteiger partial charge in [0.15, 0.2) is 0 Å². The second-order valence-electron chi connectivity index (χ2n) is 4.25. The Kier molecular flexibility index (Phi) is 6.56. The van der Waals surface area contributed by atoms with E-state index in [0.29, 0.717) is 0 Å². The van der Waals surface area contributed by atoms with Crippen LogP contribution >= 0.6 is 11.6 Å². The van der Waals surface area contributed by atoms with Crippen molar-refractivity contribution in [1.29, 1.82) is 0 Å². The van der Waals surface area contributed by atoms with E-state index in [1.807, 2.05) is 18.2 Å². The Morgan fingerprint density at radius 1 is 1.26 bits per heavy atom. The van der Waals surface area contributed by atoms with E-state index in [1.54, 1.807) is 12.1 Å². The number of aliphatic carboxylic acids is 1. The molecule has 0 aliphatic heterocycles. The third kappa shape index (κ3) is 5.87. The molecule has 0 aliphatic carbocycles. The fourth-order valence-electron chi connectivity index (χ4n) is 1.68. The maximum atomic E-state index is 10.3. The molecular formula is C14H17ClO4. The van der Waals surface area contributed by atoms with Crippen molar-refractivity contribution >= 4 is 17.6 Å². The molecule has 19 heavy (non-hydrogen) atoms. The van der Waals surface area contributed by atoms with Crippen molar-refractivity contribution in [2.45, 2.75) is 30.4 Å². The summed E-state index contributed by atoms with van der Waals surface area (Å²) in [5.74, 6) is -1.06. The summed E-state index contributed by atoms with van der Waals surface area (Å²) < 4.78 is 0. The van der Waals surface area contributed by atoms with Crippen LogP contribution in [-0.4, -0.2) is 33.5 Å². The molecule has 0 amide bonds. The number of hydrogen-bond acceptors (Lipinski definition) is 3. The molecule has 0 saturated heterocycles. The standard InChI is InChI=1S/C14H17ClO4/c15-14(10-5-2-1-3-6-10)12(17)9-11(16)7-4-8-13(18)19/h1-6,8,11-12,14,16-17H,7,9H2,(H,18,19). The fraction of sp³-hybridized carbons (Fsp3) is 0.357. The third-order valence-electron chi connectivity index (χ3n) is 2.64. The number of halogens is 1. The summed E-state index contributed by atoms with van der Waals surface area (Å²) in [6.07, 6.45) is 0.860. The van der Waals surface area contributed by atoms with Gasteiger partial charge in [-0.15, -0.1) is 11.6 Å². The first kappa shape index (κ1) is 15.7. The maximum absolute atomic E-state index is 10.3. The molecule has 0 aliphatic rings. The zero-order valence-electron chi connectivity index (χ0n) is 10.3.